The number of hydrogen-bond acceptors (Lipinski definition) is 2. The monoisotopic (exact) mass is 331 g/mol. The van der Waals surface area contributed by atoms with Gasteiger partial charge < -0.3 is 10.1 Å². The molecule has 2 aromatic carbocycles. The molecule has 0 saturated heterocycles. The first kappa shape index (κ1) is 17.4. The minimum atomic E-state index is -0.200. The smallest absolute Gasteiger partial charge is 0.262 e. The first-order valence-corrected chi connectivity index (χ1v) is 7.93. The van der Waals surface area contributed by atoms with Crippen LogP contribution < -0.4 is 10.1 Å². The van der Waals surface area contributed by atoms with Crippen LogP contribution >= 0.6 is 11.6 Å². The molecule has 0 heterocycles. The van der Waals surface area contributed by atoms with E-state index in [9.17, 15) is 4.79 Å². The van der Waals surface area contributed by atoms with E-state index in [2.05, 4.69) is 38.2 Å². The molecule has 1 amide bonds. The molecule has 0 aliphatic carbocycles. The van der Waals surface area contributed by atoms with Crippen LogP contribution in [0.3, 0.4) is 0 Å². The van der Waals surface area contributed by atoms with Gasteiger partial charge in [-0.25, -0.2) is 0 Å². The highest BCUT2D eigenvalue weighted by atomic mass is 35.5. The molecule has 0 atom stereocenters. The Kier molecular flexibility index (Phi) is 5.32. The van der Waals surface area contributed by atoms with E-state index in [0.717, 1.165) is 16.9 Å². The summed E-state index contributed by atoms with van der Waals surface area (Å²) in [5.41, 5.74) is 2.84. The van der Waals surface area contributed by atoms with Crippen molar-refractivity contribution in [1.82, 2.24) is 0 Å². The topological polar surface area (TPSA) is 38.3 Å². The Morgan fingerprint density at radius 2 is 1.78 bits per heavy atom. The number of carbonyl (C=O) groups is 1. The molecule has 2 aromatic rings. The fourth-order valence-electron chi connectivity index (χ4n) is 2.24. The Labute approximate surface area is 142 Å². The first-order valence-electron chi connectivity index (χ1n) is 7.55. The van der Waals surface area contributed by atoms with Crippen molar-refractivity contribution in [3.8, 4) is 5.75 Å². The fraction of sp³-hybridized carbons (Fsp3) is 0.316. The maximum atomic E-state index is 12.0. The largest absolute Gasteiger partial charge is 0.483 e. The number of hydrogen-bond donors (Lipinski definition) is 1. The second-order valence-electron chi connectivity index (χ2n) is 6.59. The lowest BCUT2D eigenvalue weighted by Crippen LogP contribution is -2.22. The van der Waals surface area contributed by atoms with Gasteiger partial charge in [0.25, 0.3) is 5.91 Å². The third kappa shape index (κ3) is 5.00. The van der Waals surface area contributed by atoms with E-state index < -0.39 is 0 Å². The van der Waals surface area contributed by atoms with Crippen LogP contribution in [0.15, 0.2) is 42.5 Å². The summed E-state index contributed by atoms with van der Waals surface area (Å²) in [6, 6.07) is 13.1. The van der Waals surface area contributed by atoms with Crippen LogP contribution in [0.1, 0.15) is 31.9 Å². The second kappa shape index (κ2) is 7.05. The molecular formula is C19H22ClNO2. The molecular weight excluding hydrogens is 310 g/mol. The zero-order chi connectivity index (χ0) is 17.0. The Morgan fingerprint density at radius 3 is 2.39 bits per heavy atom. The summed E-state index contributed by atoms with van der Waals surface area (Å²) >= 11 is 5.83. The molecule has 0 saturated carbocycles. The number of carbonyl (C=O) groups excluding carboxylic acids is 1. The molecule has 0 unspecified atom stereocenters. The van der Waals surface area contributed by atoms with E-state index in [1.54, 1.807) is 24.3 Å². The summed E-state index contributed by atoms with van der Waals surface area (Å²) in [5, 5.41) is 3.42. The van der Waals surface area contributed by atoms with Crippen molar-refractivity contribution < 1.29 is 9.53 Å². The highest BCUT2D eigenvalue weighted by Crippen LogP contribution is 2.32. The van der Waals surface area contributed by atoms with Crippen LogP contribution in [0, 0.1) is 6.92 Å². The average Bonchev–Trinajstić information content (AvgIpc) is 2.46. The molecule has 4 heteroatoms. The Balaban J connectivity index is 2.04. The highest BCUT2D eigenvalue weighted by Gasteiger charge is 2.19. The molecule has 23 heavy (non-hydrogen) atoms. The van der Waals surface area contributed by atoms with Crippen molar-refractivity contribution in [2.75, 3.05) is 11.9 Å². The van der Waals surface area contributed by atoms with Crippen molar-refractivity contribution in [2.24, 2.45) is 0 Å². The second-order valence-corrected chi connectivity index (χ2v) is 7.03. The van der Waals surface area contributed by atoms with Gasteiger partial charge in [-0.05, 0) is 53.8 Å². The van der Waals surface area contributed by atoms with Gasteiger partial charge in [-0.1, -0.05) is 44.5 Å². The number of amides is 1. The van der Waals surface area contributed by atoms with E-state index in [0.29, 0.717) is 10.7 Å². The quantitative estimate of drug-likeness (QED) is 0.859. The van der Waals surface area contributed by atoms with Crippen LogP contribution in [0.5, 0.6) is 5.75 Å². The highest BCUT2D eigenvalue weighted by molar-refractivity contribution is 6.30. The summed E-state index contributed by atoms with van der Waals surface area (Å²) in [4.78, 5) is 12.0. The van der Waals surface area contributed by atoms with Crippen molar-refractivity contribution in [3.05, 3.63) is 58.6 Å². The summed E-state index contributed by atoms with van der Waals surface area (Å²) in [5.74, 6) is 0.553. The van der Waals surface area contributed by atoms with Gasteiger partial charge in [0.2, 0.25) is 0 Å². The standard InChI is InChI=1S/C19H22ClNO2/c1-13-5-10-16(19(2,3)4)17(11-13)23-12-18(22)21-15-8-6-14(20)7-9-15/h5-11H,12H2,1-4H3,(H,21,22). The van der Waals surface area contributed by atoms with Crippen LogP contribution in [0.2, 0.25) is 5.02 Å². The minimum Gasteiger partial charge on any atom is -0.483 e. The maximum Gasteiger partial charge on any atom is 0.262 e. The molecule has 2 rings (SSSR count). The minimum absolute atomic E-state index is 0.0326. The SMILES string of the molecule is Cc1ccc(C(C)(C)C)c(OCC(=O)Nc2ccc(Cl)cc2)c1. The van der Waals surface area contributed by atoms with Crippen molar-refractivity contribution >= 4 is 23.2 Å². The van der Waals surface area contributed by atoms with Gasteiger partial charge in [0.05, 0.1) is 0 Å². The number of ether oxygens (including phenoxy) is 1. The zero-order valence-electron chi connectivity index (χ0n) is 13.9. The lowest BCUT2D eigenvalue weighted by atomic mass is 9.86. The lowest BCUT2D eigenvalue weighted by Gasteiger charge is -2.23. The Bertz CT molecular complexity index is 688. The predicted molar refractivity (Wildman–Crippen MR) is 95.5 cm³/mol. The number of halogens is 1. The fourth-order valence-corrected chi connectivity index (χ4v) is 2.37. The maximum absolute atomic E-state index is 12.0. The number of aryl methyl sites for hydroxylation is 1. The van der Waals surface area contributed by atoms with Gasteiger partial charge in [-0.3, -0.25) is 4.79 Å². The summed E-state index contributed by atoms with van der Waals surface area (Å²) in [7, 11) is 0. The Morgan fingerprint density at radius 1 is 1.13 bits per heavy atom. The van der Waals surface area contributed by atoms with Gasteiger partial charge in [0.1, 0.15) is 5.75 Å². The van der Waals surface area contributed by atoms with Crippen LogP contribution in [0.25, 0.3) is 0 Å². The summed E-state index contributed by atoms with van der Waals surface area (Å²) in [6.07, 6.45) is 0. The number of nitrogens with one attached hydrogen (secondary N) is 1. The summed E-state index contributed by atoms with van der Waals surface area (Å²) < 4.78 is 5.76. The third-order valence-electron chi connectivity index (χ3n) is 3.43. The van der Waals surface area contributed by atoms with Gasteiger partial charge in [0, 0.05) is 10.7 Å². The van der Waals surface area contributed by atoms with Gasteiger partial charge >= 0.3 is 0 Å². The van der Waals surface area contributed by atoms with E-state index in [1.165, 1.54) is 0 Å². The number of anilines is 1. The van der Waals surface area contributed by atoms with E-state index in [4.69, 9.17) is 16.3 Å². The normalized spacial score (nSPS) is 11.2. The molecule has 0 aliphatic rings. The van der Waals surface area contributed by atoms with Gasteiger partial charge in [0.15, 0.2) is 6.61 Å². The van der Waals surface area contributed by atoms with E-state index >= 15 is 0 Å². The Hall–Kier alpha value is -2.00. The van der Waals surface area contributed by atoms with Crippen molar-refractivity contribution in [3.63, 3.8) is 0 Å². The molecule has 122 valence electrons. The molecule has 0 fully saturated rings. The molecule has 0 spiro atoms. The van der Waals surface area contributed by atoms with Crippen LogP contribution in [-0.2, 0) is 10.2 Å². The molecule has 3 nitrogen and oxygen atoms in total. The molecule has 0 aromatic heterocycles. The van der Waals surface area contributed by atoms with Crippen LogP contribution in [0.4, 0.5) is 5.69 Å². The van der Waals surface area contributed by atoms with Gasteiger partial charge in [-0.2, -0.15) is 0 Å². The first-order chi connectivity index (χ1) is 10.8. The molecule has 0 bridgehead atoms. The van der Waals surface area contributed by atoms with E-state index in [1.807, 2.05) is 13.0 Å². The van der Waals surface area contributed by atoms with Crippen molar-refractivity contribution in [1.29, 1.82) is 0 Å². The number of rotatable bonds is 4. The van der Waals surface area contributed by atoms with E-state index in [-0.39, 0.29) is 17.9 Å². The summed E-state index contributed by atoms with van der Waals surface area (Å²) in [6.45, 7) is 8.34. The lowest BCUT2D eigenvalue weighted by molar-refractivity contribution is -0.118. The predicted octanol–water partition coefficient (Wildman–Crippen LogP) is 4.96. The zero-order valence-corrected chi connectivity index (χ0v) is 14.7. The number of benzene rings is 2. The van der Waals surface area contributed by atoms with Crippen LogP contribution in [-0.4, -0.2) is 12.5 Å². The van der Waals surface area contributed by atoms with Crippen molar-refractivity contribution in [2.45, 2.75) is 33.1 Å². The average molecular weight is 332 g/mol. The third-order valence-corrected chi connectivity index (χ3v) is 3.68. The molecule has 1 N–H and O–H groups in total. The molecule has 0 aliphatic heterocycles. The van der Waals surface area contributed by atoms with Gasteiger partial charge in [-0.15, -0.1) is 0 Å². The molecule has 0 radical (unpaired) electrons.